The van der Waals surface area contributed by atoms with Crippen LogP contribution in [0.1, 0.15) is 35.2 Å². The minimum absolute atomic E-state index is 0.0334. The smallest absolute Gasteiger partial charge is 0.262 e. The summed E-state index contributed by atoms with van der Waals surface area (Å²) in [7, 11) is 0. The van der Waals surface area contributed by atoms with E-state index in [-0.39, 0.29) is 18.4 Å². The first-order valence-electron chi connectivity index (χ1n) is 9.24. The number of carbonyl (C=O) groups excluding carboxylic acids is 2. The Morgan fingerprint density at radius 3 is 2.89 bits per heavy atom. The minimum atomic E-state index is -0.193. The number of anilines is 2. The summed E-state index contributed by atoms with van der Waals surface area (Å²) in [6.07, 6.45) is 5.47. The summed E-state index contributed by atoms with van der Waals surface area (Å²) in [5.41, 5.74) is 2.10. The van der Waals surface area contributed by atoms with Crippen LogP contribution in [0.2, 0.25) is 0 Å². The molecule has 0 spiro atoms. The molecular weight excluding hydrogens is 344 g/mol. The van der Waals surface area contributed by atoms with E-state index in [1.54, 1.807) is 24.4 Å². The van der Waals surface area contributed by atoms with Crippen LogP contribution in [0, 0.1) is 0 Å². The molecule has 0 unspecified atom stereocenters. The Labute approximate surface area is 157 Å². The number of hydrogen-bond acceptors (Lipinski definition) is 5. The molecule has 2 aliphatic heterocycles. The van der Waals surface area contributed by atoms with E-state index in [1.807, 2.05) is 12.1 Å². The lowest BCUT2D eigenvalue weighted by Gasteiger charge is -2.27. The van der Waals surface area contributed by atoms with Crippen LogP contribution in [-0.4, -0.2) is 36.5 Å². The maximum absolute atomic E-state index is 12.5. The Hall–Kier alpha value is -3.09. The number of nitrogens with zero attached hydrogens (tertiary/aromatic N) is 2. The second-order valence-corrected chi connectivity index (χ2v) is 6.80. The molecule has 1 aromatic carbocycles. The van der Waals surface area contributed by atoms with Gasteiger partial charge in [-0.3, -0.25) is 9.59 Å². The topological polar surface area (TPSA) is 83.6 Å². The third-order valence-electron chi connectivity index (χ3n) is 4.82. The number of rotatable bonds is 4. The van der Waals surface area contributed by atoms with Gasteiger partial charge in [0, 0.05) is 31.4 Å². The summed E-state index contributed by atoms with van der Waals surface area (Å²) >= 11 is 0. The molecule has 0 radical (unpaired) electrons. The number of nitrogens with one attached hydrogen (secondary N) is 2. The largest absolute Gasteiger partial charge is 0.482 e. The number of hydrogen-bond donors (Lipinski definition) is 2. The summed E-state index contributed by atoms with van der Waals surface area (Å²) in [5.74, 6) is 1.11. The van der Waals surface area contributed by atoms with Crippen molar-refractivity contribution in [2.45, 2.75) is 25.8 Å². The summed E-state index contributed by atoms with van der Waals surface area (Å²) in [4.78, 5) is 30.6. The number of amides is 2. The highest BCUT2D eigenvalue weighted by molar-refractivity contribution is 5.98. The summed E-state index contributed by atoms with van der Waals surface area (Å²) in [6.45, 7) is 2.47. The second kappa shape index (κ2) is 7.65. The number of pyridine rings is 1. The van der Waals surface area contributed by atoms with Gasteiger partial charge in [-0.05, 0) is 55.2 Å². The van der Waals surface area contributed by atoms with Gasteiger partial charge in [0.25, 0.3) is 11.8 Å². The third-order valence-corrected chi connectivity index (χ3v) is 4.82. The van der Waals surface area contributed by atoms with Crippen LogP contribution in [0.3, 0.4) is 0 Å². The lowest BCUT2D eigenvalue weighted by atomic mass is 10.1. The normalized spacial score (nSPS) is 16.1. The maximum atomic E-state index is 12.5. The van der Waals surface area contributed by atoms with E-state index in [4.69, 9.17) is 4.74 Å². The van der Waals surface area contributed by atoms with Gasteiger partial charge in [-0.1, -0.05) is 0 Å². The molecule has 140 valence electrons. The fourth-order valence-electron chi connectivity index (χ4n) is 3.37. The van der Waals surface area contributed by atoms with Crippen LogP contribution in [0.5, 0.6) is 5.75 Å². The Morgan fingerprint density at radius 2 is 2.04 bits per heavy atom. The van der Waals surface area contributed by atoms with Crippen LogP contribution in [0.4, 0.5) is 11.5 Å². The zero-order chi connectivity index (χ0) is 18.6. The predicted molar refractivity (Wildman–Crippen MR) is 102 cm³/mol. The SMILES string of the molecule is O=C1COc2cc(C(=O)NCc3ccnc(N4CCCCC4)c3)ccc2N1. The van der Waals surface area contributed by atoms with Crippen molar-refractivity contribution in [3.05, 3.63) is 47.7 Å². The summed E-state index contributed by atoms with van der Waals surface area (Å²) < 4.78 is 5.37. The lowest BCUT2D eigenvalue weighted by Crippen LogP contribution is -2.30. The third kappa shape index (κ3) is 4.02. The van der Waals surface area contributed by atoms with Crippen molar-refractivity contribution in [2.24, 2.45) is 0 Å². The molecule has 0 saturated carbocycles. The molecule has 27 heavy (non-hydrogen) atoms. The number of ether oxygens (including phenoxy) is 1. The number of benzene rings is 1. The van der Waals surface area contributed by atoms with Crippen LogP contribution in [0.25, 0.3) is 0 Å². The fraction of sp³-hybridized carbons (Fsp3) is 0.350. The van der Waals surface area contributed by atoms with Gasteiger partial charge in [0.15, 0.2) is 6.61 Å². The summed E-state index contributed by atoms with van der Waals surface area (Å²) in [5, 5.41) is 5.65. The van der Waals surface area contributed by atoms with Crippen LogP contribution in [0.15, 0.2) is 36.5 Å². The van der Waals surface area contributed by atoms with Crippen molar-refractivity contribution >= 4 is 23.3 Å². The first-order valence-corrected chi connectivity index (χ1v) is 9.24. The molecule has 1 saturated heterocycles. The van der Waals surface area contributed by atoms with Crippen molar-refractivity contribution in [1.29, 1.82) is 0 Å². The quantitative estimate of drug-likeness (QED) is 0.868. The van der Waals surface area contributed by atoms with Crippen LogP contribution < -0.4 is 20.3 Å². The molecule has 2 aromatic rings. The highest BCUT2D eigenvalue weighted by Gasteiger charge is 2.18. The molecule has 7 nitrogen and oxygen atoms in total. The number of fused-ring (bicyclic) bond motifs is 1. The molecule has 2 aliphatic rings. The van der Waals surface area contributed by atoms with Gasteiger partial charge >= 0.3 is 0 Å². The minimum Gasteiger partial charge on any atom is -0.482 e. The molecule has 1 fully saturated rings. The zero-order valence-corrected chi connectivity index (χ0v) is 15.0. The molecule has 7 heteroatoms. The van der Waals surface area contributed by atoms with Gasteiger partial charge in [0.2, 0.25) is 0 Å². The average Bonchev–Trinajstić information content (AvgIpc) is 2.72. The fourth-order valence-corrected chi connectivity index (χ4v) is 3.37. The van der Waals surface area contributed by atoms with E-state index < -0.39 is 0 Å². The molecule has 1 aromatic heterocycles. The molecule has 0 aliphatic carbocycles. The Bertz CT molecular complexity index is 862. The van der Waals surface area contributed by atoms with Gasteiger partial charge in [-0.25, -0.2) is 4.98 Å². The molecular formula is C20H22N4O3. The number of carbonyl (C=O) groups is 2. The van der Waals surface area contributed by atoms with Gasteiger partial charge in [0.1, 0.15) is 11.6 Å². The monoisotopic (exact) mass is 366 g/mol. The van der Waals surface area contributed by atoms with Gasteiger partial charge < -0.3 is 20.3 Å². The Kier molecular flexibility index (Phi) is 4.91. The van der Waals surface area contributed by atoms with E-state index in [2.05, 4.69) is 20.5 Å². The standard InChI is InChI=1S/C20H22N4O3/c25-19-13-27-17-11-15(4-5-16(17)23-19)20(26)22-12-14-6-7-21-18(10-14)24-8-2-1-3-9-24/h4-7,10-11H,1-3,8-9,12-13H2,(H,22,26)(H,23,25). The number of piperidine rings is 1. The van der Waals surface area contributed by atoms with E-state index in [0.717, 1.165) is 24.5 Å². The molecule has 0 atom stereocenters. The average molecular weight is 366 g/mol. The van der Waals surface area contributed by atoms with Gasteiger partial charge in [-0.2, -0.15) is 0 Å². The first kappa shape index (κ1) is 17.3. The van der Waals surface area contributed by atoms with Gasteiger partial charge in [0.05, 0.1) is 5.69 Å². The van der Waals surface area contributed by atoms with E-state index in [9.17, 15) is 9.59 Å². The summed E-state index contributed by atoms with van der Waals surface area (Å²) in [6, 6.07) is 8.96. The van der Waals surface area contributed by atoms with Crippen molar-refractivity contribution in [3.63, 3.8) is 0 Å². The molecule has 2 N–H and O–H groups in total. The molecule has 4 rings (SSSR count). The van der Waals surface area contributed by atoms with Crippen molar-refractivity contribution in [2.75, 3.05) is 29.9 Å². The molecule has 2 amide bonds. The predicted octanol–water partition coefficient (Wildman–Crippen LogP) is 2.33. The van der Waals surface area contributed by atoms with E-state index >= 15 is 0 Å². The van der Waals surface area contributed by atoms with Crippen LogP contribution >= 0.6 is 0 Å². The van der Waals surface area contributed by atoms with E-state index in [0.29, 0.717) is 23.5 Å². The van der Waals surface area contributed by atoms with Crippen LogP contribution in [-0.2, 0) is 11.3 Å². The zero-order valence-electron chi connectivity index (χ0n) is 15.0. The molecule has 0 bridgehead atoms. The van der Waals surface area contributed by atoms with Crippen molar-refractivity contribution < 1.29 is 14.3 Å². The lowest BCUT2D eigenvalue weighted by molar-refractivity contribution is -0.118. The first-order chi connectivity index (χ1) is 13.2. The molecule has 3 heterocycles. The van der Waals surface area contributed by atoms with Crippen molar-refractivity contribution in [1.82, 2.24) is 10.3 Å². The Morgan fingerprint density at radius 1 is 1.19 bits per heavy atom. The maximum Gasteiger partial charge on any atom is 0.262 e. The second-order valence-electron chi connectivity index (χ2n) is 6.80. The van der Waals surface area contributed by atoms with Gasteiger partial charge in [-0.15, -0.1) is 0 Å². The highest BCUT2D eigenvalue weighted by atomic mass is 16.5. The van der Waals surface area contributed by atoms with Crippen molar-refractivity contribution in [3.8, 4) is 5.75 Å². The number of aromatic nitrogens is 1. The highest BCUT2D eigenvalue weighted by Crippen LogP contribution is 2.28. The van der Waals surface area contributed by atoms with E-state index in [1.165, 1.54) is 19.3 Å². The Balaban J connectivity index is 1.40.